The molecule has 4 aromatic rings. The molecule has 1 unspecified atom stereocenters. The molecule has 1 aliphatic rings. The number of nitrogens with one attached hydrogen (secondary N) is 1. The number of carbonyl (C=O) groups is 2. The molecule has 0 bridgehead atoms. The molecular weight excluding hydrogens is 516 g/mol. The van der Waals surface area contributed by atoms with Crippen molar-refractivity contribution in [2.75, 3.05) is 7.11 Å². The monoisotopic (exact) mass is 541 g/mol. The van der Waals surface area contributed by atoms with Gasteiger partial charge < -0.3 is 24.6 Å². The number of pyridine rings is 1. The molecule has 2 N–H and O–H groups in total. The second kappa shape index (κ2) is 10.2. The molecule has 1 amide bonds. The third kappa shape index (κ3) is 5.33. The van der Waals surface area contributed by atoms with Gasteiger partial charge in [-0.1, -0.05) is 0 Å². The molecule has 0 saturated heterocycles. The molecule has 0 radical (unpaired) electrons. The predicted octanol–water partition coefficient (Wildman–Crippen LogP) is 3.76. The number of carboxylic acids is 1. The number of amides is 1. The summed E-state index contributed by atoms with van der Waals surface area (Å²) in [4.78, 5) is 28.8. The van der Waals surface area contributed by atoms with Crippen molar-refractivity contribution in [1.29, 1.82) is 0 Å². The van der Waals surface area contributed by atoms with Crippen LogP contribution < -0.4 is 19.5 Å². The standard InChI is InChI=1S/C26H25F2N5O6/c1-13(25(35)36)38-21-12-33-18(10-29-22(33)8-17(21)15-9-30-32(2)11-15)14-6-19(37-3)23(20(7-14)39-26(27)28)24(34)31-16-4-5-16/h6-13,16,26H,4-5H2,1-3H3,(H,31,34)(H,35,36). The number of alkyl halides is 2. The van der Waals surface area contributed by atoms with Crippen LogP contribution in [0.25, 0.3) is 28.0 Å². The van der Waals surface area contributed by atoms with Gasteiger partial charge >= 0.3 is 12.6 Å². The van der Waals surface area contributed by atoms with E-state index in [-0.39, 0.29) is 28.9 Å². The van der Waals surface area contributed by atoms with Gasteiger partial charge in [0.05, 0.1) is 31.4 Å². The van der Waals surface area contributed by atoms with Crippen LogP contribution in [-0.4, -0.2) is 62.0 Å². The summed E-state index contributed by atoms with van der Waals surface area (Å²) in [6.07, 6.45) is 6.89. The highest BCUT2D eigenvalue weighted by Gasteiger charge is 2.29. The molecule has 1 saturated carbocycles. The molecule has 3 heterocycles. The highest BCUT2D eigenvalue weighted by Crippen LogP contribution is 2.39. The molecule has 5 rings (SSSR count). The van der Waals surface area contributed by atoms with Crippen molar-refractivity contribution in [2.24, 2.45) is 7.05 Å². The van der Waals surface area contributed by atoms with Crippen molar-refractivity contribution < 1.29 is 37.7 Å². The van der Waals surface area contributed by atoms with E-state index in [2.05, 4.69) is 15.4 Å². The number of hydrogen-bond donors (Lipinski definition) is 2. The van der Waals surface area contributed by atoms with E-state index in [1.54, 1.807) is 40.8 Å². The van der Waals surface area contributed by atoms with Crippen molar-refractivity contribution in [1.82, 2.24) is 24.5 Å². The van der Waals surface area contributed by atoms with Crippen LogP contribution in [0.15, 0.2) is 43.0 Å². The zero-order valence-corrected chi connectivity index (χ0v) is 21.2. The fraction of sp³-hybridized carbons (Fsp3) is 0.308. The number of benzene rings is 1. The highest BCUT2D eigenvalue weighted by molar-refractivity contribution is 6.01. The van der Waals surface area contributed by atoms with Crippen LogP contribution in [0.3, 0.4) is 0 Å². The van der Waals surface area contributed by atoms with Crippen molar-refractivity contribution in [3.05, 3.63) is 48.5 Å². The minimum atomic E-state index is -3.18. The average Bonchev–Trinajstić information content (AvgIpc) is 3.43. The molecule has 0 aliphatic heterocycles. The first-order valence-corrected chi connectivity index (χ1v) is 12.0. The summed E-state index contributed by atoms with van der Waals surface area (Å²) < 4.78 is 45.9. The van der Waals surface area contributed by atoms with Gasteiger partial charge in [0.25, 0.3) is 5.91 Å². The number of methoxy groups -OCH3 is 1. The van der Waals surface area contributed by atoms with E-state index in [1.807, 2.05) is 0 Å². The van der Waals surface area contributed by atoms with E-state index in [0.29, 0.717) is 28.0 Å². The van der Waals surface area contributed by atoms with Gasteiger partial charge in [0.2, 0.25) is 0 Å². The number of fused-ring (bicyclic) bond motifs is 1. The number of carbonyl (C=O) groups excluding carboxylic acids is 1. The van der Waals surface area contributed by atoms with E-state index >= 15 is 0 Å². The first kappa shape index (κ1) is 25.9. The molecule has 39 heavy (non-hydrogen) atoms. The highest BCUT2D eigenvalue weighted by atomic mass is 19.3. The largest absolute Gasteiger partial charge is 0.496 e. The molecular formula is C26H25F2N5O6. The van der Waals surface area contributed by atoms with Crippen LogP contribution in [0.5, 0.6) is 17.2 Å². The Morgan fingerprint density at radius 2 is 1.82 bits per heavy atom. The van der Waals surface area contributed by atoms with Crippen LogP contribution >= 0.6 is 0 Å². The number of ether oxygens (including phenoxy) is 3. The van der Waals surface area contributed by atoms with Gasteiger partial charge in [0.1, 0.15) is 28.5 Å². The average molecular weight is 542 g/mol. The Morgan fingerprint density at radius 3 is 2.44 bits per heavy atom. The number of aliphatic carboxylic acids is 1. The SMILES string of the molecule is COc1cc(-c2cnc3cc(-c4cnn(C)c4)c(OC(C)C(=O)O)cn23)cc(OC(F)F)c1C(=O)NC1CC1. The fourth-order valence-corrected chi connectivity index (χ4v) is 4.14. The van der Waals surface area contributed by atoms with E-state index in [0.717, 1.165) is 12.8 Å². The third-order valence-corrected chi connectivity index (χ3v) is 6.22. The summed E-state index contributed by atoms with van der Waals surface area (Å²) in [5, 5.41) is 16.4. The van der Waals surface area contributed by atoms with Gasteiger partial charge in [0.15, 0.2) is 6.10 Å². The van der Waals surface area contributed by atoms with Crippen molar-refractivity contribution in [2.45, 2.75) is 38.5 Å². The Bertz CT molecular complexity index is 1560. The number of hydrogen-bond acceptors (Lipinski definition) is 7. The lowest BCUT2D eigenvalue weighted by Crippen LogP contribution is -2.26. The van der Waals surface area contributed by atoms with Crippen LogP contribution in [0.2, 0.25) is 0 Å². The van der Waals surface area contributed by atoms with Crippen LogP contribution in [-0.2, 0) is 11.8 Å². The molecule has 1 aromatic carbocycles. The number of halogens is 2. The molecule has 3 aromatic heterocycles. The van der Waals surface area contributed by atoms with E-state index < -0.39 is 24.6 Å². The van der Waals surface area contributed by atoms with Crippen molar-refractivity contribution >= 4 is 17.5 Å². The first-order chi connectivity index (χ1) is 18.6. The topological polar surface area (TPSA) is 129 Å². The Morgan fingerprint density at radius 1 is 1.08 bits per heavy atom. The number of imidazole rings is 1. The van der Waals surface area contributed by atoms with Gasteiger partial charge in [-0.3, -0.25) is 13.9 Å². The number of rotatable bonds is 10. The van der Waals surface area contributed by atoms with Gasteiger partial charge in [-0.2, -0.15) is 13.9 Å². The maximum absolute atomic E-state index is 13.4. The smallest absolute Gasteiger partial charge is 0.387 e. The summed E-state index contributed by atoms with van der Waals surface area (Å²) in [5.41, 5.74) is 2.36. The summed E-state index contributed by atoms with van der Waals surface area (Å²) >= 11 is 0. The molecule has 13 heteroatoms. The van der Waals surface area contributed by atoms with Crippen LogP contribution in [0, 0.1) is 0 Å². The van der Waals surface area contributed by atoms with Crippen molar-refractivity contribution in [3.8, 4) is 39.6 Å². The lowest BCUT2D eigenvalue weighted by Gasteiger charge is -2.17. The molecule has 0 spiro atoms. The second-order valence-electron chi connectivity index (χ2n) is 9.10. The minimum absolute atomic E-state index is 0.0133. The Kier molecular flexibility index (Phi) is 6.81. The predicted molar refractivity (Wildman–Crippen MR) is 134 cm³/mol. The van der Waals surface area contributed by atoms with E-state index in [4.69, 9.17) is 14.2 Å². The second-order valence-corrected chi connectivity index (χ2v) is 9.10. The quantitative estimate of drug-likeness (QED) is 0.311. The van der Waals surface area contributed by atoms with Gasteiger partial charge in [-0.15, -0.1) is 0 Å². The lowest BCUT2D eigenvalue weighted by molar-refractivity contribution is -0.144. The zero-order chi connectivity index (χ0) is 27.8. The molecule has 1 fully saturated rings. The van der Waals surface area contributed by atoms with Crippen LogP contribution in [0.1, 0.15) is 30.1 Å². The van der Waals surface area contributed by atoms with Crippen molar-refractivity contribution in [3.63, 3.8) is 0 Å². The van der Waals surface area contributed by atoms with Gasteiger partial charge in [-0.05, 0) is 38.0 Å². The number of aryl methyl sites for hydroxylation is 1. The zero-order valence-electron chi connectivity index (χ0n) is 21.2. The summed E-state index contributed by atoms with van der Waals surface area (Å²) in [5.74, 6) is -1.80. The lowest BCUT2D eigenvalue weighted by atomic mass is 10.1. The van der Waals surface area contributed by atoms with Gasteiger partial charge in [0, 0.05) is 36.0 Å². The Hall–Kier alpha value is -4.68. The first-order valence-electron chi connectivity index (χ1n) is 12.0. The molecule has 204 valence electrons. The van der Waals surface area contributed by atoms with Crippen LogP contribution in [0.4, 0.5) is 8.78 Å². The van der Waals surface area contributed by atoms with E-state index in [1.165, 1.54) is 32.4 Å². The number of carboxylic acid groups (broad SMARTS) is 1. The molecule has 1 atom stereocenters. The number of aromatic nitrogens is 4. The fourth-order valence-electron chi connectivity index (χ4n) is 4.14. The maximum Gasteiger partial charge on any atom is 0.387 e. The Balaban J connectivity index is 1.65. The Labute approximate surface area is 220 Å². The third-order valence-electron chi connectivity index (χ3n) is 6.22. The molecule has 1 aliphatic carbocycles. The summed E-state index contributed by atoms with van der Waals surface area (Å²) in [6.45, 7) is -1.78. The molecule has 11 nitrogen and oxygen atoms in total. The summed E-state index contributed by atoms with van der Waals surface area (Å²) in [7, 11) is 3.07. The number of nitrogens with zero attached hydrogens (tertiary/aromatic N) is 4. The van der Waals surface area contributed by atoms with Gasteiger partial charge in [-0.25, -0.2) is 9.78 Å². The maximum atomic E-state index is 13.4. The normalized spacial score (nSPS) is 13.9. The minimum Gasteiger partial charge on any atom is -0.496 e. The summed E-state index contributed by atoms with van der Waals surface area (Å²) in [6, 6.07) is 4.53. The van der Waals surface area contributed by atoms with E-state index in [9.17, 15) is 23.5 Å².